The molecule has 0 radical (unpaired) electrons. The number of hydrogen-bond donors (Lipinski definition) is 0. The molecule has 20 heavy (non-hydrogen) atoms. The zero-order valence-electron chi connectivity index (χ0n) is 11.8. The Kier molecular flexibility index (Phi) is 4.72. The molecule has 0 aliphatic rings. The number of carbonyl (C=O) groups is 1. The Labute approximate surface area is 119 Å². The molecule has 0 spiro atoms. The predicted octanol–water partition coefficient (Wildman–Crippen LogP) is 4.24. The van der Waals surface area contributed by atoms with Gasteiger partial charge in [-0.05, 0) is 36.6 Å². The summed E-state index contributed by atoms with van der Waals surface area (Å²) in [4.78, 5) is 11.4. The van der Waals surface area contributed by atoms with Crippen molar-refractivity contribution in [2.45, 2.75) is 13.8 Å². The number of ether oxygens (including phenoxy) is 1. The number of esters is 1. The molecule has 0 unspecified atom stereocenters. The minimum Gasteiger partial charge on any atom is -0.463 e. The quantitative estimate of drug-likeness (QED) is 0.611. The highest BCUT2D eigenvalue weighted by molar-refractivity contribution is 5.89. The predicted molar refractivity (Wildman–Crippen MR) is 82.3 cm³/mol. The van der Waals surface area contributed by atoms with Gasteiger partial charge >= 0.3 is 5.97 Å². The molecule has 0 aliphatic carbocycles. The van der Waals surface area contributed by atoms with Gasteiger partial charge in [-0.15, -0.1) is 0 Å². The summed E-state index contributed by atoms with van der Waals surface area (Å²) >= 11 is 0. The number of hydrogen-bond acceptors (Lipinski definition) is 2. The van der Waals surface area contributed by atoms with Crippen LogP contribution in [0, 0.1) is 6.92 Å². The molecule has 0 bridgehead atoms. The maximum atomic E-state index is 11.4. The van der Waals surface area contributed by atoms with E-state index in [4.69, 9.17) is 4.74 Å². The summed E-state index contributed by atoms with van der Waals surface area (Å²) in [6, 6.07) is 16.3. The van der Waals surface area contributed by atoms with Crippen molar-refractivity contribution in [1.82, 2.24) is 0 Å². The molecule has 2 nitrogen and oxygen atoms in total. The van der Waals surface area contributed by atoms with E-state index in [9.17, 15) is 4.79 Å². The van der Waals surface area contributed by atoms with Gasteiger partial charge in [-0.25, -0.2) is 4.79 Å². The Morgan fingerprint density at radius 3 is 2.50 bits per heavy atom. The molecule has 0 aliphatic heterocycles. The summed E-state index contributed by atoms with van der Waals surface area (Å²) in [5, 5.41) is 0. The van der Waals surface area contributed by atoms with E-state index in [-0.39, 0.29) is 5.97 Å². The van der Waals surface area contributed by atoms with Crippen molar-refractivity contribution in [3.63, 3.8) is 0 Å². The van der Waals surface area contributed by atoms with Gasteiger partial charge in [0.25, 0.3) is 0 Å². The van der Waals surface area contributed by atoms with Crippen LogP contribution in [0.25, 0.3) is 17.2 Å². The van der Waals surface area contributed by atoms with Gasteiger partial charge in [0.1, 0.15) is 0 Å². The second kappa shape index (κ2) is 6.71. The zero-order chi connectivity index (χ0) is 14.4. The maximum absolute atomic E-state index is 11.4. The van der Waals surface area contributed by atoms with Gasteiger partial charge in [-0.2, -0.15) is 0 Å². The van der Waals surface area contributed by atoms with Crippen molar-refractivity contribution >= 4 is 12.0 Å². The van der Waals surface area contributed by atoms with Gasteiger partial charge in [-0.3, -0.25) is 0 Å². The largest absolute Gasteiger partial charge is 0.463 e. The molecule has 0 N–H and O–H groups in total. The van der Waals surface area contributed by atoms with Crippen LogP contribution >= 0.6 is 0 Å². The van der Waals surface area contributed by atoms with E-state index in [2.05, 4.69) is 37.3 Å². The van der Waals surface area contributed by atoms with Crippen molar-refractivity contribution in [3.8, 4) is 11.1 Å². The van der Waals surface area contributed by atoms with Crippen LogP contribution in [0.15, 0.2) is 54.6 Å². The number of benzene rings is 2. The van der Waals surface area contributed by atoms with Crippen LogP contribution < -0.4 is 0 Å². The smallest absolute Gasteiger partial charge is 0.330 e. The molecule has 2 aromatic rings. The summed E-state index contributed by atoms with van der Waals surface area (Å²) in [5.74, 6) is -0.314. The first-order valence-electron chi connectivity index (χ1n) is 6.71. The fourth-order valence-corrected chi connectivity index (χ4v) is 1.99. The van der Waals surface area contributed by atoms with E-state index in [1.165, 1.54) is 11.6 Å². The van der Waals surface area contributed by atoms with Crippen LogP contribution in [0.2, 0.25) is 0 Å². The molecule has 0 aromatic heterocycles. The highest BCUT2D eigenvalue weighted by atomic mass is 16.5. The topological polar surface area (TPSA) is 26.3 Å². The highest BCUT2D eigenvalue weighted by Gasteiger charge is 2.02. The lowest BCUT2D eigenvalue weighted by atomic mass is 9.98. The van der Waals surface area contributed by atoms with Gasteiger partial charge in [0.05, 0.1) is 6.61 Å². The van der Waals surface area contributed by atoms with Crippen molar-refractivity contribution in [2.75, 3.05) is 6.61 Å². The summed E-state index contributed by atoms with van der Waals surface area (Å²) in [6.45, 7) is 4.26. The molecule has 2 aromatic carbocycles. The molecular formula is C18H18O2. The monoisotopic (exact) mass is 266 g/mol. The SMILES string of the molecule is CCOC(=O)C=Cc1ccccc1-c1ccc(C)cc1. The van der Waals surface area contributed by atoms with E-state index in [0.29, 0.717) is 6.61 Å². The third-order valence-corrected chi connectivity index (χ3v) is 3.01. The minimum atomic E-state index is -0.314. The maximum Gasteiger partial charge on any atom is 0.330 e. The van der Waals surface area contributed by atoms with Gasteiger partial charge in [0.15, 0.2) is 0 Å². The van der Waals surface area contributed by atoms with Crippen molar-refractivity contribution < 1.29 is 9.53 Å². The van der Waals surface area contributed by atoms with Crippen LogP contribution in [0.3, 0.4) is 0 Å². The molecule has 0 saturated heterocycles. The van der Waals surface area contributed by atoms with Gasteiger partial charge in [0.2, 0.25) is 0 Å². The average Bonchev–Trinajstić information content (AvgIpc) is 2.47. The standard InChI is InChI=1S/C18H18O2/c1-3-20-18(19)13-12-15-6-4-5-7-17(15)16-10-8-14(2)9-11-16/h4-13H,3H2,1-2H3. The second-order valence-corrected chi connectivity index (χ2v) is 4.54. The number of rotatable bonds is 4. The zero-order valence-corrected chi connectivity index (χ0v) is 11.8. The lowest BCUT2D eigenvalue weighted by molar-refractivity contribution is -0.137. The summed E-state index contributed by atoms with van der Waals surface area (Å²) in [6.07, 6.45) is 3.27. The van der Waals surface area contributed by atoms with E-state index >= 15 is 0 Å². The number of carbonyl (C=O) groups excluding carboxylic acids is 1. The summed E-state index contributed by atoms with van der Waals surface area (Å²) in [5.41, 5.74) is 4.48. The first-order chi connectivity index (χ1) is 9.70. The normalized spacial score (nSPS) is 10.7. The molecule has 0 saturated carbocycles. The van der Waals surface area contributed by atoms with Crippen LogP contribution in [-0.2, 0) is 9.53 Å². The molecule has 0 atom stereocenters. The fourth-order valence-electron chi connectivity index (χ4n) is 1.99. The van der Waals surface area contributed by atoms with E-state index in [1.807, 2.05) is 18.2 Å². The van der Waals surface area contributed by atoms with E-state index < -0.39 is 0 Å². The van der Waals surface area contributed by atoms with Gasteiger partial charge in [-0.1, -0.05) is 54.1 Å². The Bertz CT molecular complexity index is 610. The Balaban J connectivity index is 2.31. The first kappa shape index (κ1) is 14.1. The molecule has 2 rings (SSSR count). The Morgan fingerprint density at radius 2 is 1.80 bits per heavy atom. The van der Waals surface area contributed by atoms with Crippen LogP contribution in [0.4, 0.5) is 0 Å². The van der Waals surface area contributed by atoms with Gasteiger partial charge < -0.3 is 4.74 Å². The highest BCUT2D eigenvalue weighted by Crippen LogP contribution is 2.25. The minimum absolute atomic E-state index is 0.314. The second-order valence-electron chi connectivity index (χ2n) is 4.54. The molecule has 0 amide bonds. The fraction of sp³-hybridized carbons (Fsp3) is 0.167. The van der Waals surface area contributed by atoms with E-state index in [0.717, 1.165) is 16.7 Å². The van der Waals surface area contributed by atoms with Crippen molar-refractivity contribution in [2.24, 2.45) is 0 Å². The lowest BCUT2D eigenvalue weighted by Gasteiger charge is -2.06. The third kappa shape index (κ3) is 3.58. The van der Waals surface area contributed by atoms with Crippen LogP contribution in [-0.4, -0.2) is 12.6 Å². The lowest BCUT2D eigenvalue weighted by Crippen LogP contribution is -1.98. The average molecular weight is 266 g/mol. The molecule has 2 heteroatoms. The Morgan fingerprint density at radius 1 is 1.10 bits per heavy atom. The van der Waals surface area contributed by atoms with Crippen LogP contribution in [0.5, 0.6) is 0 Å². The number of aryl methyl sites for hydroxylation is 1. The molecular weight excluding hydrogens is 248 g/mol. The molecule has 0 fully saturated rings. The van der Waals surface area contributed by atoms with Crippen LogP contribution in [0.1, 0.15) is 18.1 Å². The summed E-state index contributed by atoms with van der Waals surface area (Å²) in [7, 11) is 0. The molecule has 102 valence electrons. The first-order valence-corrected chi connectivity index (χ1v) is 6.71. The Hall–Kier alpha value is -2.35. The molecule has 0 heterocycles. The third-order valence-electron chi connectivity index (χ3n) is 3.01. The van der Waals surface area contributed by atoms with Crippen molar-refractivity contribution in [3.05, 3.63) is 65.7 Å². The van der Waals surface area contributed by atoms with E-state index in [1.54, 1.807) is 13.0 Å². The van der Waals surface area contributed by atoms with Gasteiger partial charge in [0, 0.05) is 6.08 Å². The van der Waals surface area contributed by atoms with Crippen molar-refractivity contribution in [1.29, 1.82) is 0 Å². The summed E-state index contributed by atoms with van der Waals surface area (Å²) < 4.78 is 4.90.